The van der Waals surface area contributed by atoms with Gasteiger partial charge in [-0.15, -0.1) is 0 Å². The number of halogens is 2. The van der Waals surface area contributed by atoms with Gasteiger partial charge in [0.15, 0.2) is 0 Å². The van der Waals surface area contributed by atoms with E-state index in [4.69, 9.17) is 23.1 Å². The molecular weight excluding hydrogens is 415 g/mol. The first-order valence-electron chi connectivity index (χ1n) is 10.2. The SMILES string of the molecule is Cc1nc(N)c2ccn(C3C=C(CCc4cc(F)c5cc(Cl)c(N)nc5c4)CC3)c2n1. The predicted molar refractivity (Wildman–Crippen MR) is 122 cm³/mol. The summed E-state index contributed by atoms with van der Waals surface area (Å²) in [5.74, 6) is 1.07. The summed E-state index contributed by atoms with van der Waals surface area (Å²) in [5, 5.41) is 1.53. The van der Waals surface area contributed by atoms with Crippen molar-refractivity contribution in [2.45, 2.75) is 38.6 Å². The molecule has 0 radical (unpaired) electrons. The third-order valence-electron chi connectivity index (χ3n) is 5.92. The lowest BCUT2D eigenvalue weighted by atomic mass is 10.0. The highest BCUT2D eigenvalue weighted by atomic mass is 35.5. The van der Waals surface area contributed by atoms with Gasteiger partial charge >= 0.3 is 0 Å². The molecule has 1 atom stereocenters. The van der Waals surface area contributed by atoms with E-state index in [1.165, 1.54) is 11.6 Å². The zero-order valence-electron chi connectivity index (χ0n) is 17.1. The molecule has 5 rings (SSSR count). The summed E-state index contributed by atoms with van der Waals surface area (Å²) in [6, 6.07) is 7.18. The van der Waals surface area contributed by atoms with Crippen molar-refractivity contribution in [1.29, 1.82) is 0 Å². The quantitative estimate of drug-likeness (QED) is 0.432. The highest BCUT2D eigenvalue weighted by Gasteiger charge is 2.20. The maximum atomic E-state index is 14.5. The molecule has 0 fully saturated rings. The van der Waals surface area contributed by atoms with Gasteiger partial charge in [0.25, 0.3) is 0 Å². The molecule has 6 nitrogen and oxygen atoms in total. The third kappa shape index (κ3) is 3.59. The van der Waals surface area contributed by atoms with Crippen LogP contribution in [0.5, 0.6) is 0 Å². The van der Waals surface area contributed by atoms with Crippen LogP contribution in [-0.4, -0.2) is 19.5 Å². The topological polar surface area (TPSA) is 95.6 Å². The van der Waals surface area contributed by atoms with Gasteiger partial charge < -0.3 is 16.0 Å². The lowest BCUT2D eigenvalue weighted by Crippen LogP contribution is -2.05. The van der Waals surface area contributed by atoms with Crippen LogP contribution >= 0.6 is 11.6 Å². The Hall–Kier alpha value is -3.19. The minimum absolute atomic E-state index is 0.214. The van der Waals surface area contributed by atoms with Crippen molar-refractivity contribution >= 4 is 45.2 Å². The normalized spacial score (nSPS) is 16.4. The summed E-state index contributed by atoms with van der Waals surface area (Å²) in [5.41, 5.74) is 15.5. The number of rotatable bonds is 4. The summed E-state index contributed by atoms with van der Waals surface area (Å²) in [6.07, 6.45) is 7.92. The van der Waals surface area contributed by atoms with E-state index < -0.39 is 0 Å². The van der Waals surface area contributed by atoms with Crippen molar-refractivity contribution in [3.63, 3.8) is 0 Å². The Balaban J connectivity index is 1.36. The number of allylic oxidation sites excluding steroid dienone is 2. The summed E-state index contributed by atoms with van der Waals surface area (Å²) in [6.45, 7) is 1.85. The number of pyridine rings is 1. The standard InChI is InChI=1S/C23H22ClFN6/c1-12-28-21(26)16-6-7-31(23(16)29-12)15-5-4-13(8-15)2-3-14-9-19(25)17-11-18(24)22(27)30-20(17)10-14/h6-11,15H,2-5H2,1H3,(H2,27,30)(H2,26,28,29). The van der Waals surface area contributed by atoms with Crippen molar-refractivity contribution < 1.29 is 4.39 Å². The van der Waals surface area contributed by atoms with Gasteiger partial charge in [0.05, 0.1) is 22.0 Å². The number of fused-ring (bicyclic) bond motifs is 2. The van der Waals surface area contributed by atoms with E-state index in [2.05, 4.69) is 25.6 Å². The molecule has 0 saturated heterocycles. The van der Waals surface area contributed by atoms with Crippen LogP contribution in [0.1, 0.15) is 36.7 Å². The number of hydrogen-bond donors (Lipinski definition) is 2. The monoisotopic (exact) mass is 436 g/mol. The molecule has 1 aromatic carbocycles. The van der Waals surface area contributed by atoms with Crippen LogP contribution in [0.15, 0.2) is 42.1 Å². The Morgan fingerprint density at radius 2 is 1.94 bits per heavy atom. The Labute approximate surface area is 183 Å². The van der Waals surface area contributed by atoms with Crippen LogP contribution in [-0.2, 0) is 6.42 Å². The summed E-state index contributed by atoms with van der Waals surface area (Å²) >= 11 is 5.98. The minimum atomic E-state index is -0.327. The molecule has 0 aliphatic heterocycles. The van der Waals surface area contributed by atoms with Gasteiger partial charge in [-0.05, 0) is 62.4 Å². The van der Waals surface area contributed by atoms with Gasteiger partial charge in [0, 0.05) is 11.6 Å². The number of benzene rings is 1. The molecule has 1 aliphatic rings. The average Bonchev–Trinajstić information content (AvgIpc) is 3.35. The van der Waals surface area contributed by atoms with Crippen molar-refractivity contribution in [3.05, 3.63) is 64.3 Å². The first-order chi connectivity index (χ1) is 14.9. The van der Waals surface area contributed by atoms with Gasteiger partial charge in [0.1, 0.15) is 28.9 Å². The molecule has 8 heteroatoms. The average molecular weight is 437 g/mol. The smallest absolute Gasteiger partial charge is 0.146 e. The third-order valence-corrected chi connectivity index (χ3v) is 6.22. The van der Waals surface area contributed by atoms with E-state index in [0.717, 1.165) is 42.3 Å². The maximum absolute atomic E-state index is 14.5. The molecule has 0 spiro atoms. The largest absolute Gasteiger partial charge is 0.383 e. The lowest BCUT2D eigenvalue weighted by Gasteiger charge is -2.11. The fourth-order valence-corrected chi connectivity index (χ4v) is 4.51. The Kier molecular flexibility index (Phi) is 4.78. The van der Waals surface area contributed by atoms with Gasteiger partial charge in [0.2, 0.25) is 0 Å². The first-order valence-corrected chi connectivity index (χ1v) is 10.6. The zero-order valence-corrected chi connectivity index (χ0v) is 17.8. The fraction of sp³-hybridized carbons (Fsp3) is 0.261. The second-order valence-corrected chi connectivity index (χ2v) is 8.45. The van der Waals surface area contributed by atoms with Crippen LogP contribution in [0.3, 0.4) is 0 Å². The molecule has 0 bridgehead atoms. The van der Waals surface area contributed by atoms with Crippen molar-refractivity contribution in [2.75, 3.05) is 11.5 Å². The second-order valence-electron chi connectivity index (χ2n) is 8.05. The molecule has 1 unspecified atom stereocenters. The molecule has 3 aromatic heterocycles. The highest BCUT2D eigenvalue weighted by molar-refractivity contribution is 6.33. The van der Waals surface area contributed by atoms with Crippen molar-refractivity contribution in [2.24, 2.45) is 0 Å². The first kappa shape index (κ1) is 19.8. The molecule has 4 N–H and O–H groups in total. The van der Waals surface area contributed by atoms with Crippen LogP contribution in [0.25, 0.3) is 21.9 Å². The Morgan fingerprint density at radius 1 is 1.10 bits per heavy atom. The van der Waals surface area contributed by atoms with E-state index in [1.54, 1.807) is 6.07 Å². The number of nitrogen functional groups attached to an aromatic ring is 2. The van der Waals surface area contributed by atoms with E-state index in [-0.39, 0.29) is 22.7 Å². The minimum Gasteiger partial charge on any atom is -0.383 e. The van der Waals surface area contributed by atoms with Crippen molar-refractivity contribution in [1.82, 2.24) is 19.5 Å². The molecule has 0 amide bonds. The predicted octanol–water partition coefficient (Wildman–Crippen LogP) is 5.14. The molecular formula is C23H22ClFN6. The van der Waals surface area contributed by atoms with Crippen molar-refractivity contribution in [3.8, 4) is 0 Å². The molecule has 3 heterocycles. The summed E-state index contributed by atoms with van der Waals surface area (Å²) < 4.78 is 16.7. The van der Waals surface area contributed by atoms with Crippen LogP contribution < -0.4 is 11.5 Å². The molecule has 4 aromatic rings. The number of aryl methyl sites for hydroxylation is 2. The van der Waals surface area contributed by atoms with Gasteiger partial charge in [-0.1, -0.05) is 23.3 Å². The van der Waals surface area contributed by atoms with E-state index >= 15 is 0 Å². The van der Waals surface area contributed by atoms with E-state index in [1.807, 2.05) is 25.3 Å². The molecule has 0 saturated carbocycles. The van der Waals surface area contributed by atoms with Gasteiger partial charge in [-0.25, -0.2) is 19.3 Å². The van der Waals surface area contributed by atoms with Crippen LogP contribution in [0.2, 0.25) is 5.02 Å². The second kappa shape index (κ2) is 7.50. The molecule has 31 heavy (non-hydrogen) atoms. The summed E-state index contributed by atoms with van der Waals surface area (Å²) in [7, 11) is 0. The molecule has 1 aliphatic carbocycles. The number of anilines is 2. The summed E-state index contributed by atoms with van der Waals surface area (Å²) in [4.78, 5) is 13.1. The van der Waals surface area contributed by atoms with E-state index in [9.17, 15) is 4.39 Å². The van der Waals surface area contributed by atoms with Crippen LogP contribution in [0, 0.1) is 12.7 Å². The zero-order chi connectivity index (χ0) is 21.7. The number of aromatic nitrogens is 4. The van der Waals surface area contributed by atoms with Gasteiger partial charge in [-0.2, -0.15) is 0 Å². The van der Waals surface area contributed by atoms with Crippen LogP contribution in [0.4, 0.5) is 16.0 Å². The molecule has 158 valence electrons. The Bertz CT molecular complexity index is 1360. The Morgan fingerprint density at radius 3 is 2.77 bits per heavy atom. The fourth-order valence-electron chi connectivity index (χ4n) is 4.36. The van der Waals surface area contributed by atoms with Gasteiger partial charge in [-0.3, -0.25) is 0 Å². The number of nitrogens with two attached hydrogens (primary N) is 2. The lowest BCUT2D eigenvalue weighted by molar-refractivity contribution is 0.603. The number of hydrogen-bond acceptors (Lipinski definition) is 5. The van der Waals surface area contributed by atoms with E-state index in [0.29, 0.717) is 22.5 Å². The highest BCUT2D eigenvalue weighted by Crippen LogP contribution is 2.34. The number of nitrogens with zero attached hydrogens (tertiary/aromatic N) is 4. The maximum Gasteiger partial charge on any atom is 0.146 e.